The van der Waals surface area contributed by atoms with Gasteiger partial charge in [-0.3, -0.25) is 0 Å². The third-order valence-corrected chi connectivity index (χ3v) is 1.74. The van der Waals surface area contributed by atoms with Crippen LogP contribution >= 0.6 is 11.6 Å². The molecule has 0 saturated heterocycles. The molecule has 1 aromatic carbocycles. The van der Waals surface area contributed by atoms with Crippen LogP contribution in [0.1, 0.15) is 12.5 Å². The predicted molar refractivity (Wildman–Crippen MR) is 48.4 cm³/mol. The Morgan fingerprint density at radius 1 is 1.55 bits per heavy atom. The minimum Gasteiger partial charge on any atom is -0.398 e. The average Bonchev–Trinajstić information content (AvgIpc) is 1.85. The highest BCUT2D eigenvalue weighted by Gasteiger charge is 2.04. The summed E-state index contributed by atoms with van der Waals surface area (Å²) in [7, 11) is 0. The van der Waals surface area contributed by atoms with E-state index < -0.39 is 0 Å². The van der Waals surface area contributed by atoms with Gasteiger partial charge in [-0.2, -0.15) is 0 Å². The fourth-order valence-corrected chi connectivity index (χ4v) is 1.26. The Balaban J connectivity index is 3.32. The second kappa shape index (κ2) is 2.93. The number of halogens is 1. The molecule has 0 bridgehead atoms. The number of hydrogen-bond acceptors (Lipinski definition) is 2. The summed E-state index contributed by atoms with van der Waals surface area (Å²) in [4.78, 5) is 0. The van der Waals surface area contributed by atoms with Crippen LogP contribution < -0.4 is 5.73 Å². The monoisotopic (exact) mass is 168 g/mol. The van der Waals surface area contributed by atoms with E-state index in [4.69, 9.17) is 22.7 Å². The molecule has 0 heterocycles. The quantitative estimate of drug-likeness (QED) is 0.491. The molecule has 0 amide bonds. The van der Waals surface area contributed by atoms with Crippen molar-refractivity contribution in [3.63, 3.8) is 0 Å². The lowest BCUT2D eigenvalue weighted by molar-refractivity contribution is 1.45. The molecule has 1 aromatic rings. The first kappa shape index (κ1) is 8.08. The molecule has 0 aliphatic carbocycles. The molecule has 3 N–H and O–H groups in total. The van der Waals surface area contributed by atoms with Crippen molar-refractivity contribution in [2.75, 3.05) is 5.73 Å². The van der Waals surface area contributed by atoms with Gasteiger partial charge in [0.2, 0.25) is 0 Å². The highest BCUT2D eigenvalue weighted by atomic mass is 35.5. The maximum absolute atomic E-state index is 7.35. The first-order chi connectivity index (χ1) is 5.13. The average molecular weight is 169 g/mol. The van der Waals surface area contributed by atoms with Crippen LogP contribution in [0.2, 0.25) is 5.02 Å². The summed E-state index contributed by atoms with van der Waals surface area (Å²) < 4.78 is 0. The van der Waals surface area contributed by atoms with E-state index in [2.05, 4.69) is 0 Å². The largest absolute Gasteiger partial charge is 0.398 e. The van der Waals surface area contributed by atoms with E-state index in [1.807, 2.05) is 0 Å². The highest BCUT2D eigenvalue weighted by molar-refractivity contribution is 6.34. The van der Waals surface area contributed by atoms with Crippen LogP contribution in [0.25, 0.3) is 0 Å². The Labute approximate surface area is 70.5 Å². The molecule has 0 aromatic heterocycles. The number of rotatable bonds is 1. The van der Waals surface area contributed by atoms with Crippen molar-refractivity contribution < 1.29 is 0 Å². The summed E-state index contributed by atoms with van der Waals surface area (Å²) in [5, 5.41) is 7.89. The minimum absolute atomic E-state index is 0.396. The van der Waals surface area contributed by atoms with Crippen LogP contribution in [-0.2, 0) is 0 Å². The Morgan fingerprint density at radius 2 is 2.18 bits per heavy atom. The third kappa shape index (κ3) is 1.52. The molecule has 0 saturated carbocycles. The van der Waals surface area contributed by atoms with Crippen molar-refractivity contribution in [2.45, 2.75) is 6.92 Å². The lowest BCUT2D eigenvalue weighted by Crippen LogP contribution is -1.99. The van der Waals surface area contributed by atoms with Crippen LogP contribution in [0.5, 0.6) is 0 Å². The van der Waals surface area contributed by atoms with Gasteiger partial charge in [0.05, 0.1) is 5.02 Å². The number of hydrogen-bond donors (Lipinski definition) is 2. The first-order valence-corrected chi connectivity index (χ1v) is 3.60. The van der Waals surface area contributed by atoms with Gasteiger partial charge in [0.15, 0.2) is 0 Å². The van der Waals surface area contributed by atoms with Crippen LogP contribution in [0.15, 0.2) is 18.2 Å². The molecule has 0 fully saturated rings. The van der Waals surface area contributed by atoms with Crippen molar-refractivity contribution in [1.82, 2.24) is 0 Å². The summed E-state index contributed by atoms with van der Waals surface area (Å²) in [6.45, 7) is 1.66. The lowest BCUT2D eigenvalue weighted by Gasteiger charge is -2.04. The number of nitrogens with one attached hydrogen (secondary N) is 1. The molecule has 0 atom stereocenters. The van der Waals surface area contributed by atoms with Crippen molar-refractivity contribution >= 4 is 23.0 Å². The molecule has 1 rings (SSSR count). The Kier molecular flexibility index (Phi) is 2.15. The summed E-state index contributed by atoms with van der Waals surface area (Å²) in [6.07, 6.45) is 0. The molecular formula is C8H9ClN2. The molecule has 3 heteroatoms. The Bertz CT molecular complexity index is 274. The van der Waals surface area contributed by atoms with Crippen LogP contribution in [0.4, 0.5) is 5.69 Å². The van der Waals surface area contributed by atoms with Crippen molar-refractivity contribution in [1.29, 1.82) is 5.41 Å². The summed E-state index contributed by atoms with van der Waals surface area (Å²) in [5.74, 6) is 0. The minimum atomic E-state index is 0.396. The zero-order chi connectivity index (χ0) is 8.43. The van der Waals surface area contributed by atoms with Gasteiger partial charge in [-0.25, -0.2) is 0 Å². The fraction of sp³-hybridized carbons (Fsp3) is 0.125. The van der Waals surface area contributed by atoms with Gasteiger partial charge >= 0.3 is 0 Å². The SMILES string of the molecule is CC(=N)c1c(N)cccc1Cl. The van der Waals surface area contributed by atoms with Crippen LogP contribution in [0.3, 0.4) is 0 Å². The summed E-state index contributed by atoms with van der Waals surface area (Å²) in [6, 6.07) is 5.23. The van der Waals surface area contributed by atoms with Gasteiger partial charge in [0.25, 0.3) is 0 Å². The van der Waals surface area contributed by atoms with E-state index in [1.54, 1.807) is 25.1 Å². The fourth-order valence-electron chi connectivity index (χ4n) is 0.936. The molecular weight excluding hydrogens is 160 g/mol. The van der Waals surface area contributed by atoms with E-state index in [9.17, 15) is 0 Å². The molecule has 0 aliphatic rings. The molecule has 0 radical (unpaired) electrons. The van der Waals surface area contributed by atoms with E-state index in [0.717, 1.165) is 0 Å². The van der Waals surface area contributed by atoms with Gasteiger partial charge in [-0.1, -0.05) is 17.7 Å². The first-order valence-electron chi connectivity index (χ1n) is 3.22. The number of nitrogens with two attached hydrogens (primary N) is 1. The molecule has 0 spiro atoms. The zero-order valence-corrected chi connectivity index (χ0v) is 6.94. The Morgan fingerprint density at radius 3 is 2.55 bits per heavy atom. The number of benzene rings is 1. The van der Waals surface area contributed by atoms with Crippen molar-refractivity contribution in [2.24, 2.45) is 0 Å². The van der Waals surface area contributed by atoms with Crippen LogP contribution in [-0.4, -0.2) is 5.71 Å². The van der Waals surface area contributed by atoms with Gasteiger partial charge in [0.1, 0.15) is 0 Å². The van der Waals surface area contributed by atoms with Gasteiger partial charge in [-0.05, 0) is 19.1 Å². The van der Waals surface area contributed by atoms with Gasteiger partial charge in [0, 0.05) is 17.0 Å². The lowest BCUT2D eigenvalue weighted by atomic mass is 10.1. The van der Waals surface area contributed by atoms with E-state index >= 15 is 0 Å². The topological polar surface area (TPSA) is 49.9 Å². The van der Waals surface area contributed by atoms with Gasteiger partial charge < -0.3 is 11.1 Å². The highest BCUT2D eigenvalue weighted by Crippen LogP contribution is 2.21. The van der Waals surface area contributed by atoms with E-state index in [-0.39, 0.29) is 0 Å². The molecule has 0 aliphatic heterocycles. The second-order valence-corrected chi connectivity index (χ2v) is 2.74. The van der Waals surface area contributed by atoms with E-state index in [1.165, 1.54) is 0 Å². The number of anilines is 1. The summed E-state index contributed by atoms with van der Waals surface area (Å²) >= 11 is 5.80. The normalized spacial score (nSPS) is 9.64. The van der Waals surface area contributed by atoms with Gasteiger partial charge in [-0.15, -0.1) is 0 Å². The molecule has 58 valence electrons. The zero-order valence-electron chi connectivity index (χ0n) is 6.19. The smallest absolute Gasteiger partial charge is 0.0517 e. The predicted octanol–water partition coefficient (Wildman–Crippen LogP) is 2.31. The standard InChI is InChI=1S/C8H9ClN2/c1-5(10)8-6(9)3-2-4-7(8)11/h2-4,10H,11H2,1H3. The maximum Gasteiger partial charge on any atom is 0.0517 e. The Hall–Kier alpha value is -1.02. The molecule has 11 heavy (non-hydrogen) atoms. The summed E-state index contributed by atoms with van der Waals surface area (Å²) in [5.41, 5.74) is 7.19. The van der Waals surface area contributed by atoms with Crippen LogP contribution in [0, 0.1) is 5.41 Å². The van der Waals surface area contributed by atoms with E-state index in [0.29, 0.717) is 22.0 Å². The third-order valence-electron chi connectivity index (χ3n) is 1.42. The molecule has 2 nitrogen and oxygen atoms in total. The second-order valence-electron chi connectivity index (χ2n) is 2.33. The maximum atomic E-state index is 7.35. The number of nitrogen functional groups attached to an aromatic ring is 1. The molecule has 0 unspecified atom stereocenters. The van der Waals surface area contributed by atoms with Crippen molar-refractivity contribution in [3.05, 3.63) is 28.8 Å². The van der Waals surface area contributed by atoms with Crippen molar-refractivity contribution in [3.8, 4) is 0 Å².